The maximum Gasteiger partial charge on any atom is 0.256 e. The molecule has 3 aromatic rings. The summed E-state index contributed by atoms with van der Waals surface area (Å²) in [4.78, 5) is 39.3. The van der Waals surface area contributed by atoms with Crippen molar-refractivity contribution in [2.24, 2.45) is 7.05 Å². The first kappa shape index (κ1) is 19.8. The lowest BCUT2D eigenvalue weighted by molar-refractivity contribution is 0.0694. The van der Waals surface area contributed by atoms with Gasteiger partial charge < -0.3 is 14.8 Å². The maximum absolute atomic E-state index is 13.9. The van der Waals surface area contributed by atoms with E-state index in [1.165, 1.54) is 22.8 Å². The van der Waals surface area contributed by atoms with Gasteiger partial charge in [-0.15, -0.1) is 0 Å². The third-order valence-electron chi connectivity index (χ3n) is 5.62. The monoisotopic (exact) mass is 407 g/mol. The lowest BCUT2D eigenvalue weighted by Gasteiger charge is -2.32. The van der Waals surface area contributed by atoms with Gasteiger partial charge in [-0.1, -0.05) is 30.3 Å². The number of likely N-dealkylation sites (tertiary alicyclic amines) is 1. The molecule has 0 unspecified atom stereocenters. The predicted molar refractivity (Wildman–Crippen MR) is 112 cm³/mol. The van der Waals surface area contributed by atoms with Gasteiger partial charge in [-0.25, -0.2) is 4.39 Å². The van der Waals surface area contributed by atoms with E-state index in [1.54, 1.807) is 30.1 Å². The quantitative estimate of drug-likeness (QED) is 0.726. The topological polar surface area (TPSA) is 71.4 Å². The third-order valence-corrected chi connectivity index (χ3v) is 5.62. The summed E-state index contributed by atoms with van der Waals surface area (Å²) in [7, 11) is 1.68. The predicted octanol–water partition coefficient (Wildman–Crippen LogP) is 2.71. The Kier molecular flexibility index (Phi) is 5.35. The van der Waals surface area contributed by atoms with Gasteiger partial charge in [-0.3, -0.25) is 14.4 Å². The van der Waals surface area contributed by atoms with E-state index >= 15 is 0 Å². The summed E-state index contributed by atoms with van der Waals surface area (Å²) in [5.74, 6) is -1.17. The Bertz CT molecular complexity index is 1180. The average Bonchev–Trinajstić information content (AvgIpc) is 2.76. The Morgan fingerprint density at radius 1 is 1.00 bits per heavy atom. The highest BCUT2D eigenvalue weighted by molar-refractivity contribution is 6.06. The summed E-state index contributed by atoms with van der Waals surface area (Å²) in [6, 6.07) is 14.5. The SMILES string of the molecule is Cn1c(=O)cc(C(=O)NC2CCN(C(=O)c3ccccc3F)CC2)c2ccccc21. The lowest BCUT2D eigenvalue weighted by Crippen LogP contribution is -2.46. The van der Waals surface area contributed by atoms with Crippen molar-refractivity contribution in [3.05, 3.63) is 81.9 Å². The lowest BCUT2D eigenvalue weighted by atomic mass is 10.0. The molecule has 154 valence electrons. The van der Waals surface area contributed by atoms with Crippen LogP contribution < -0.4 is 10.9 Å². The molecule has 1 N–H and O–H groups in total. The molecule has 7 heteroatoms. The molecular formula is C23H22FN3O3. The summed E-state index contributed by atoms with van der Waals surface area (Å²) >= 11 is 0. The van der Waals surface area contributed by atoms with Crippen molar-refractivity contribution in [3.8, 4) is 0 Å². The zero-order valence-electron chi connectivity index (χ0n) is 16.6. The number of hydrogen-bond donors (Lipinski definition) is 1. The highest BCUT2D eigenvalue weighted by Gasteiger charge is 2.26. The van der Waals surface area contributed by atoms with Crippen molar-refractivity contribution >= 4 is 22.7 Å². The number of halogens is 1. The number of benzene rings is 2. The summed E-state index contributed by atoms with van der Waals surface area (Å²) in [5, 5.41) is 3.70. The second-order valence-electron chi connectivity index (χ2n) is 7.49. The van der Waals surface area contributed by atoms with Crippen LogP contribution in [0.4, 0.5) is 4.39 Å². The number of fused-ring (bicyclic) bond motifs is 1. The Labute approximate surface area is 172 Å². The fourth-order valence-corrected chi connectivity index (χ4v) is 3.89. The largest absolute Gasteiger partial charge is 0.349 e. The Hall–Kier alpha value is -3.48. The number of carbonyl (C=O) groups excluding carboxylic acids is 2. The van der Waals surface area contributed by atoms with E-state index in [4.69, 9.17) is 0 Å². The van der Waals surface area contributed by atoms with Gasteiger partial charge in [0.25, 0.3) is 17.4 Å². The first-order valence-corrected chi connectivity index (χ1v) is 9.89. The number of carbonyl (C=O) groups is 2. The number of aromatic nitrogens is 1. The van der Waals surface area contributed by atoms with Crippen molar-refractivity contribution < 1.29 is 14.0 Å². The molecular weight excluding hydrogens is 385 g/mol. The molecule has 0 saturated carbocycles. The van der Waals surface area contributed by atoms with Crippen molar-refractivity contribution in [2.45, 2.75) is 18.9 Å². The van der Waals surface area contributed by atoms with Gasteiger partial charge in [-0.05, 0) is 31.0 Å². The van der Waals surface area contributed by atoms with Crippen LogP contribution in [0.5, 0.6) is 0 Å². The van der Waals surface area contributed by atoms with Crippen LogP contribution in [-0.4, -0.2) is 40.4 Å². The van der Waals surface area contributed by atoms with Gasteiger partial charge >= 0.3 is 0 Å². The van der Waals surface area contributed by atoms with Crippen molar-refractivity contribution in [1.82, 2.24) is 14.8 Å². The Morgan fingerprint density at radius 3 is 2.40 bits per heavy atom. The van der Waals surface area contributed by atoms with E-state index in [9.17, 15) is 18.8 Å². The first-order chi connectivity index (χ1) is 14.5. The van der Waals surface area contributed by atoms with E-state index in [0.29, 0.717) is 42.4 Å². The number of pyridine rings is 1. The van der Waals surface area contributed by atoms with E-state index < -0.39 is 5.82 Å². The minimum atomic E-state index is -0.532. The highest BCUT2D eigenvalue weighted by atomic mass is 19.1. The molecule has 1 aromatic heterocycles. The first-order valence-electron chi connectivity index (χ1n) is 9.89. The Morgan fingerprint density at radius 2 is 1.67 bits per heavy atom. The molecule has 0 aliphatic carbocycles. The van der Waals surface area contributed by atoms with Gasteiger partial charge in [0.2, 0.25) is 0 Å². The number of nitrogens with one attached hydrogen (secondary N) is 1. The van der Waals surface area contributed by atoms with E-state index in [0.717, 1.165) is 0 Å². The highest BCUT2D eigenvalue weighted by Crippen LogP contribution is 2.19. The number of para-hydroxylation sites is 1. The summed E-state index contributed by atoms with van der Waals surface area (Å²) in [6.45, 7) is 0.852. The van der Waals surface area contributed by atoms with Gasteiger partial charge in [0, 0.05) is 37.6 Å². The van der Waals surface area contributed by atoms with E-state index in [1.807, 2.05) is 18.2 Å². The van der Waals surface area contributed by atoms with Crippen LogP contribution in [0.2, 0.25) is 0 Å². The van der Waals surface area contributed by atoms with E-state index in [2.05, 4.69) is 5.32 Å². The Balaban J connectivity index is 1.45. The second kappa shape index (κ2) is 8.10. The van der Waals surface area contributed by atoms with Crippen LogP contribution in [0.3, 0.4) is 0 Å². The summed E-state index contributed by atoms with van der Waals surface area (Å²) in [5.41, 5.74) is 0.856. The van der Waals surface area contributed by atoms with Crippen LogP contribution in [0.1, 0.15) is 33.6 Å². The van der Waals surface area contributed by atoms with Crippen molar-refractivity contribution in [3.63, 3.8) is 0 Å². The molecule has 1 aliphatic heterocycles. The number of rotatable bonds is 3. The molecule has 6 nitrogen and oxygen atoms in total. The fourth-order valence-electron chi connectivity index (χ4n) is 3.89. The van der Waals surface area contributed by atoms with Crippen LogP contribution in [0, 0.1) is 5.82 Å². The van der Waals surface area contributed by atoms with Crippen LogP contribution in [0.15, 0.2) is 59.4 Å². The summed E-state index contributed by atoms with van der Waals surface area (Å²) in [6.07, 6.45) is 1.13. The van der Waals surface area contributed by atoms with Crippen LogP contribution in [-0.2, 0) is 7.05 Å². The number of piperidine rings is 1. The molecule has 1 aliphatic rings. The van der Waals surface area contributed by atoms with Gasteiger partial charge in [0.1, 0.15) is 5.82 Å². The van der Waals surface area contributed by atoms with Crippen LogP contribution >= 0.6 is 0 Å². The maximum atomic E-state index is 13.9. The normalized spacial score (nSPS) is 14.7. The molecule has 4 rings (SSSR count). The zero-order chi connectivity index (χ0) is 21.3. The molecule has 0 bridgehead atoms. The fraction of sp³-hybridized carbons (Fsp3) is 0.261. The number of amides is 2. The smallest absolute Gasteiger partial charge is 0.256 e. The van der Waals surface area contributed by atoms with Crippen molar-refractivity contribution in [1.29, 1.82) is 0 Å². The molecule has 1 fully saturated rings. The molecule has 0 spiro atoms. The molecule has 30 heavy (non-hydrogen) atoms. The zero-order valence-corrected chi connectivity index (χ0v) is 16.6. The summed E-state index contributed by atoms with van der Waals surface area (Å²) < 4.78 is 15.4. The molecule has 0 atom stereocenters. The van der Waals surface area contributed by atoms with Gasteiger partial charge in [0.15, 0.2) is 0 Å². The standard InChI is InChI=1S/C23H22FN3O3/c1-26-20-9-5-3-6-16(20)18(14-21(26)28)22(29)25-15-10-12-27(13-11-15)23(30)17-7-2-4-8-19(17)24/h2-9,14-15H,10-13H2,1H3,(H,25,29). The molecule has 1 saturated heterocycles. The van der Waals surface area contributed by atoms with Gasteiger partial charge in [0.05, 0.1) is 16.6 Å². The average molecular weight is 407 g/mol. The minimum absolute atomic E-state index is 0.0617. The minimum Gasteiger partial charge on any atom is -0.349 e. The molecule has 2 amide bonds. The second-order valence-corrected chi connectivity index (χ2v) is 7.49. The van der Waals surface area contributed by atoms with Gasteiger partial charge in [-0.2, -0.15) is 0 Å². The number of hydrogen-bond acceptors (Lipinski definition) is 3. The third kappa shape index (κ3) is 3.70. The number of nitrogens with zero attached hydrogens (tertiary/aromatic N) is 2. The molecule has 2 heterocycles. The van der Waals surface area contributed by atoms with Crippen molar-refractivity contribution in [2.75, 3.05) is 13.1 Å². The number of aryl methyl sites for hydroxylation is 1. The van der Waals surface area contributed by atoms with Crippen LogP contribution in [0.25, 0.3) is 10.9 Å². The van der Waals surface area contributed by atoms with E-state index in [-0.39, 0.29) is 29.0 Å². The molecule has 2 aromatic carbocycles. The molecule has 0 radical (unpaired) electrons.